The Morgan fingerprint density at radius 1 is 0.475 bits per heavy atom. The summed E-state index contributed by atoms with van der Waals surface area (Å²) in [6, 6.07) is 66.5. The number of nitrogens with zero attached hydrogens (tertiary/aromatic N) is 2. The molecule has 59 heavy (non-hydrogen) atoms. The van der Waals surface area contributed by atoms with Crippen LogP contribution >= 0.6 is 0 Å². The number of fused-ring (bicyclic) bond motifs is 7. The zero-order valence-electron chi connectivity index (χ0n) is 32.6. The van der Waals surface area contributed by atoms with Crippen LogP contribution in [0.5, 0.6) is 0 Å². The van der Waals surface area contributed by atoms with Crippen LogP contribution in [0.1, 0.15) is 12.6 Å². The van der Waals surface area contributed by atoms with Gasteiger partial charge in [-0.2, -0.15) is 0 Å². The Morgan fingerprint density at radius 2 is 1.00 bits per heavy atom. The van der Waals surface area contributed by atoms with Crippen LogP contribution in [0, 0.1) is 0 Å². The number of pyridine rings is 1. The Hall–Kier alpha value is -7.75. The quantitative estimate of drug-likeness (QED) is 0.136. The van der Waals surface area contributed by atoms with Gasteiger partial charge in [-0.1, -0.05) is 158 Å². The lowest BCUT2D eigenvalue weighted by atomic mass is 9.83. The first-order valence-corrected chi connectivity index (χ1v) is 20.2. The molecule has 11 aromatic rings. The van der Waals surface area contributed by atoms with Gasteiger partial charge < -0.3 is 10.3 Å². The number of para-hydroxylation sites is 1. The predicted molar refractivity (Wildman–Crippen MR) is 252 cm³/mol. The third-order valence-electron chi connectivity index (χ3n) is 11.9. The molecule has 2 N–H and O–H groups in total. The molecule has 0 amide bonds. The monoisotopic (exact) mass is 753 g/mol. The molecule has 0 aliphatic carbocycles. The van der Waals surface area contributed by atoms with Gasteiger partial charge in [0.15, 0.2) is 0 Å². The Labute approximate surface area is 342 Å². The van der Waals surface area contributed by atoms with E-state index in [1.54, 1.807) is 0 Å². The molecular formula is C56H39N3. The fraction of sp³-hybridized carbons (Fsp3) is 0.0179. The minimum Gasteiger partial charge on any atom is -0.397 e. The lowest BCUT2D eigenvalue weighted by molar-refractivity contribution is 1.16. The number of aromatic nitrogens is 2. The molecule has 0 fully saturated rings. The van der Waals surface area contributed by atoms with Crippen LogP contribution in [-0.2, 0) is 0 Å². The lowest BCUT2D eigenvalue weighted by Crippen LogP contribution is -1.99. The zero-order chi connectivity index (χ0) is 39.5. The first-order valence-electron chi connectivity index (χ1n) is 20.2. The van der Waals surface area contributed by atoms with Crippen molar-refractivity contribution in [2.75, 3.05) is 0 Å². The van der Waals surface area contributed by atoms with E-state index in [4.69, 9.17) is 10.7 Å². The molecule has 0 aliphatic heterocycles. The molecule has 3 nitrogen and oxygen atoms in total. The maximum absolute atomic E-state index is 6.57. The summed E-state index contributed by atoms with van der Waals surface area (Å²) in [6.45, 7) is 1.99. The van der Waals surface area contributed by atoms with Gasteiger partial charge in [0, 0.05) is 16.5 Å². The van der Waals surface area contributed by atoms with Crippen LogP contribution in [0.4, 0.5) is 0 Å². The van der Waals surface area contributed by atoms with Gasteiger partial charge in [0.05, 0.1) is 28.6 Å². The predicted octanol–water partition coefficient (Wildman–Crippen LogP) is 14.7. The summed E-state index contributed by atoms with van der Waals surface area (Å²) in [5.41, 5.74) is 18.5. The van der Waals surface area contributed by atoms with Crippen molar-refractivity contribution in [3.05, 3.63) is 212 Å². The smallest absolute Gasteiger partial charge is 0.0866 e. The summed E-state index contributed by atoms with van der Waals surface area (Å²) in [4.78, 5) is 4.84. The molecule has 0 saturated carbocycles. The molecule has 2 heterocycles. The largest absolute Gasteiger partial charge is 0.397 e. The molecule has 0 spiro atoms. The van der Waals surface area contributed by atoms with Crippen molar-refractivity contribution in [3.63, 3.8) is 0 Å². The third kappa shape index (κ3) is 5.62. The van der Waals surface area contributed by atoms with E-state index in [1.807, 2.05) is 31.3 Å². The van der Waals surface area contributed by atoms with E-state index in [1.165, 1.54) is 65.3 Å². The molecular weight excluding hydrogens is 715 g/mol. The Kier molecular flexibility index (Phi) is 8.20. The highest BCUT2D eigenvalue weighted by atomic mass is 15.0. The molecule has 0 saturated heterocycles. The van der Waals surface area contributed by atoms with E-state index in [0.29, 0.717) is 5.70 Å². The van der Waals surface area contributed by atoms with E-state index in [2.05, 4.69) is 187 Å². The van der Waals surface area contributed by atoms with Gasteiger partial charge in [-0.25, -0.2) is 0 Å². The number of nitrogens with two attached hydrogens (primary N) is 1. The molecule has 0 bridgehead atoms. The van der Waals surface area contributed by atoms with Crippen molar-refractivity contribution in [2.45, 2.75) is 6.92 Å². The Balaban J connectivity index is 1.22. The Morgan fingerprint density at radius 3 is 1.66 bits per heavy atom. The highest BCUT2D eigenvalue weighted by molar-refractivity contribution is 6.26. The topological polar surface area (TPSA) is 43.8 Å². The van der Waals surface area contributed by atoms with E-state index in [0.717, 1.165) is 44.3 Å². The van der Waals surface area contributed by atoms with Crippen LogP contribution < -0.4 is 5.73 Å². The molecule has 11 rings (SSSR count). The highest BCUT2D eigenvalue weighted by Gasteiger charge is 2.21. The Bertz CT molecular complexity index is 3500. The average molecular weight is 754 g/mol. The summed E-state index contributed by atoms with van der Waals surface area (Å²) >= 11 is 0. The summed E-state index contributed by atoms with van der Waals surface area (Å²) in [5.74, 6) is 0. The molecule has 3 heteroatoms. The van der Waals surface area contributed by atoms with E-state index in [9.17, 15) is 0 Å². The van der Waals surface area contributed by atoms with Gasteiger partial charge in [0.25, 0.3) is 0 Å². The minimum atomic E-state index is 0.631. The molecule has 9 aromatic carbocycles. The van der Waals surface area contributed by atoms with Crippen molar-refractivity contribution in [2.24, 2.45) is 5.73 Å². The molecule has 0 aliphatic rings. The van der Waals surface area contributed by atoms with Crippen LogP contribution in [-0.4, -0.2) is 9.55 Å². The molecule has 0 unspecified atom stereocenters. The second-order valence-corrected chi connectivity index (χ2v) is 15.2. The number of benzene rings is 9. The maximum atomic E-state index is 6.57. The number of hydrogen-bond donors (Lipinski definition) is 1. The van der Waals surface area contributed by atoms with Gasteiger partial charge in [-0.05, 0) is 126 Å². The fourth-order valence-corrected chi connectivity index (χ4v) is 9.22. The molecule has 278 valence electrons. The van der Waals surface area contributed by atoms with Gasteiger partial charge >= 0.3 is 0 Å². The van der Waals surface area contributed by atoms with Gasteiger partial charge in [-0.15, -0.1) is 0 Å². The normalized spacial score (nSPS) is 12.3. The van der Waals surface area contributed by atoms with E-state index < -0.39 is 0 Å². The summed E-state index contributed by atoms with van der Waals surface area (Å²) in [6.07, 6.45) is 7.80. The minimum absolute atomic E-state index is 0.631. The van der Waals surface area contributed by atoms with Crippen LogP contribution in [0.3, 0.4) is 0 Å². The van der Waals surface area contributed by atoms with Crippen molar-refractivity contribution in [1.29, 1.82) is 0 Å². The van der Waals surface area contributed by atoms with Gasteiger partial charge in [0.2, 0.25) is 0 Å². The van der Waals surface area contributed by atoms with Crippen LogP contribution in [0.25, 0.3) is 110 Å². The van der Waals surface area contributed by atoms with E-state index in [-0.39, 0.29) is 0 Å². The molecule has 0 atom stereocenters. The second-order valence-electron chi connectivity index (χ2n) is 15.2. The van der Waals surface area contributed by atoms with Crippen molar-refractivity contribution >= 4 is 70.6 Å². The van der Waals surface area contributed by atoms with Gasteiger partial charge in [-0.3, -0.25) is 4.98 Å². The summed E-state index contributed by atoms with van der Waals surface area (Å²) in [5, 5.41) is 12.1. The van der Waals surface area contributed by atoms with Crippen molar-refractivity contribution in [1.82, 2.24) is 9.55 Å². The first-order chi connectivity index (χ1) is 29.2. The first kappa shape index (κ1) is 34.5. The zero-order valence-corrected chi connectivity index (χ0v) is 32.6. The molecule has 2 aromatic heterocycles. The standard InChI is InChI=1S/C56H39N3/c1-2-3-27-51(57)52-34-49-48-32-39(29-31-53(48)59(54(49)35-58-52)40-19-5-4-6-20-40)38-28-30-47-50(33-38)56(44-26-14-18-37-16-8-10-22-42(37)44)46-24-12-11-23-45(46)55(47)43-25-13-17-36-15-7-9-21-41(36)43/h2-35H,57H2,1H3/b3-2-,51-27-. The number of allylic oxidation sites excluding steroid dienone is 3. The fourth-order valence-electron chi connectivity index (χ4n) is 9.22. The van der Waals surface area contributed by atoms with Crippen LogP contribution in [0.2, 0.25) is 0 Å². The molecule has 0 radical (unpaired) electrons. The number of rotatable bonds is 6. The maximum Gasteiger partial charge on any atom is 0.0866 e. The van der Waals surface area contributed by atoms with Crippen molar-refractivity contribution < 1.29 is 0 Å². The third-order valence-corrected chi connectivity index (χ3v) is 11.9. The van der Waals surface area contributed by atoms with Gasteiger partial charge in [0.1, 0.15) is 0 Å². The second kappa shape index (κ2) is 14.0. The average Bonchev–Trinajstić information content (AvgIpc) is 3.63. The SMILES string of the molecule is C/C=C\C=C(/N)c1cc2c3cc(-c4ccc5c(-c6cccc7ccccc67)c6ccccc6c(-c6cccc7ccccc67)c5c4)ccc3n(-c3ccccc3)c2cn1. The highest BCUT2D eigenvalue weighted by Crippen LogP contribution is 2.48. The summed E-state index contributed by atoms with van der Waals surface area (Å²) < 4.78 is 2.30. The number of hydrogen-bond acceptors (Lipinski definition) is 2. The summed E-state index contributed by atoms with van der Waals surface area (Å²) in [7, 11) is 0. The van der Waals surface area contributed by atoms with Crippen molar-refractivity contribution in [3.8, 4) is 39.1 Å². The van der Waals surface area contributed by atoms with Crippen LogP contribution in [0.15, 0.2) is 206 Å². The lowest BCUT2D eigenvalue weighted by Gasteiger charge is -2.20. The van der Waals surface area contributed by atoms with E-state index >= 15 is 0 Å².